The van der Waals surface area contributed by atoms with Gasteiger partial charge in [-0.2, -0.15) is 0 Å². The molecule has 1 aliphatic heterocycles. The number of hydrogen-bond acceptors (Lipinski definition) is 2. The first-order valence-corrected chi connectivity index (χ1v) is 5.96. The Morgan fingerprint density at radius 1 is 1.12 bits per heavy atom. The maximum atomic E-state index is 5.41. The van der Waals surface area contributed by atoms with E-state index >= 15 is 0 Å². The number of benzene rings is 1. The van der Waals surface area contributed by atoms with E-state index in [1.165, 1.54) is 16.7 Å². The molecule has 1 aliphatic rings. The van der Waals surface area contributed by atoms with Crippen molar-refractivity contribution in [2.75, 3.05) is 20.3 Å². The maximum Gasteiger partial charge on any atom is 0.122 e. The minimum Gasteiger partial charge on any atom is -0.496 e. The van der Waals surface area contributed by atoms with Crippen LogP contribution in [0.25, 0.3) is 0 Å². The molecule has 88 valence electrons. The van der Waals surface area contributed by atoms with E-state index in [4.69, 9.17) is 9.47 Å². The molecule has 0 spiro atoms. The van der Waals surface area contributed by atoms with Crippen LogP contribution in [0.3, 0.4) is 0 Å². The van der Waals surface area contributed by atoms with Gasteiger partial charge in [0, 0.05) is 13.2 Å². The van der Waals surface area contributed by atoms with Crippen LogP contribution >= 0.6 is 0 Å². The molecule has 2 nitrogen and oxygen atoms in total. The van der Waals surface area contributed by atoms with Crippen LogP contribution in [0.1, 0.15) is 35.4 Å². The van der Waals surface area contributed by atoms with E-state index < -0.39 is 0 Å². The van der Waals surface area contributed by atoms with Gasteiger partial charge in [-0.3, -0.25) is 0 Å². The molecule has 1 aromatic rings. The molecule has 0 unspecified atom stereocenters. The Kier molecular flexibility index (Phi) is 3.49. The van der Waals surface area contributed by atoms with Gasteiger partial charge >= 0.3 is 0 Å². The SMILES string of the molecule is COc1ccc(C2CCOCC2)c(C)c1C. The van der Waals surface area contributed by atoms with E-state index in [1.54, 1.807) is 7.11 Å². The standard InChI is InChI=1S/C14H20O2/c1-10-11(2)14(15-3)5-4-13(10)12-6-8-16-9-7-12/h4-5,12H,6-9H2,1-3H3. The second-order valence-corrected chi connectivity index (χ2v) is 4.49. The maximum absolute atomic E-state index is 5.41. The van der Waals surface area contributed by atoms with Gasteiger partial charge in [-0.15, -0.1) is 0 Å². The van der Waals surface area contributed by atoms with Crippen molar-refractivity contribution in [2.45, 2.75) is 32.6 Å². The van der Waals surface area contributed by atoms with Gasteiger partial charge in [-0.25, -0.2) is 0 Å². The van der Waals surface area contributed by atoms with Crippen LogP contribution in [0.15, 0.2) is 12.1 Å². The van der Waals surface area contributed by atoms with Crippen LogP contribution in [0.5, 0.6) is 5.75 Å². The zero-order chi connectivity index (χ0) is 11.5. The van der Waals surface area contributed by atoms with Crippen molar-refractivity contribution in [3.63, 3.8) is 0 Å². The summed E-state index contributed by atoms with van der Waals surface area (Å²) in [7, 11) is 1.73. The van der Waals surface area contributed by atoms with Gasteiger partial charge in [0.15, 0.2) is 0 Å². The van der Waals surface area contributed by atoms with E-state index in [9.17, 15) is 0 Å². The molecule has 2 heteroatoms. The summed E-state index contributed by atoms with van der Waals surface area (Å²) < 4.78 is 10.8. The number of ether oxygens (including phenoxy) is 2. The molecule has 0 bridgehead atoms. The highest BCUT2D eigenvalue weighted by molar-refractivity contribution is 5.45. The summed E-state index contributed by atoms with van der Waals surface area (Å²) in [5.41, 5.74) is 4.12. The van der Waals surface area contributed by atoms with Gasteiger partial charge in [0.05, 0.1) is 7.11 Å². The second-order valence-electron chi connectivity index (χ2n) is 4.49. The van der Waals surface area contributed by atoms with Crippen molar-refractivity contribution in [1.29, 1.82) is 0 Å². The van der Waals surface area contributed by atoms with Crippen molar-refractivity contribution in [2.24, 2.45) is 0 Å². The van der Waals surface area contributed by atoms with E-state index in [0.717, 1.165) is 31.8 Å². The number of methoxy groups -OCH3 is 1. The quantitative estimate of drug-likeness (QED) is 0.762. The lowest BCUT2D eigenvalue weighted by Crippen LogP contribution is -2.15. The van der Waals surface area contributed by atoms with Crippen LogP contribution in [-0.2, 0) is 4.74 Å². The summed E-state index contributed by atoms with van der Waals surface area (Å²) in [6.07, 6.45) is 2.29. The molecule has 0 atom stereocenters. The Balaban J connectivity index is 2.30. The van der Waals surface area contributed by atoms with Crippen LogP contribution < -0.4 is 4.74 Å². The van der Waals surface area contributed by atoms with Crippen LogP contribution in [0.4, 0.5) is 0 Å². The highest BCUT2D eigenvalue weighted by Crippen LogP contribution is 2.33. The van der Waals surface area contributed by atoms with Gasteiger partial charge < -0.3 is 9.47 Å². The first-order valence-electron chi connectivity index (χ1n) is 5.96. The Labute approximate surface area is 97.6 Å². The van der Waals surface area contributed by atoms with Gasteiger partial charge in [0.2, 0.25) is 0 Å². The van der Waals surface area contributed by atoms with Crippen molar-refractivity contribution in [3.8, 4) is 5.75 Å². The second kappa shape index (κ2) is 4.88. The van der Waals surface area contributed by atoms with E-state index in [2.05, 4.69) is 26.0 Å². The average Bonchev–Trinajstić information content (AvgIpc) is 2.34. The molecule has 0 N–H and O–H groups in total. The Hall–Kier alpha value is -1.02. The predicted octanol–water partition coefficient (Wildman–Crippen LogP) is 3.21. The smallest absolute Gasteiger partial charge is 0.122 e. The zero-order valence-electron chi connectivity index (χ0n) is 10.4. The lowest BCUT2D eigenvalue weighted by atomic mass is 9.87. The van der Waals surface area contributed by atoms with Gasteiger partial charge in [-0.1, -0.05) is 6.07 Å². The Morgan fingerprint density at radius 2 is 1.81 bits per heavy atom. The summed E-state index contributed by atoms with van der Waals surface area (Å²) in [5.74, 6) is 1.66. The predicted molar refractivity (Wildman–Crippen MR) is 65.3 cm³/mol. The summed E-state index contributed by atoms with van der Waals surface area (Å²) in [6, 6.07) is 4.31. The highest BCUT2D eigenvalue weighted by atomic mass is 16.5. The number of rotatable bonds is 2. The van der Waals surface area contributed by atoms with Crippen LogP contribution in [0, 0.1) is 13.8 Å². The molecule has 0 aromatic heterocycles. The first kappa shape index (κ1) is 11.5. The van der Waals surface area contributed by atoms with Gasteiger partial charge in [0.25, 0.3) is 0 Å². The van der Waals surface area contributed by atoms with E-state index in [-0.39, 0.29) is 0 Å². The summed E-state index contributed by atoms with van der Waals surface area (Å²) in [5, 5.41) is 0. The van der Waals surface area contributed by atoms with Crippen molar-refractivity contribution < 1.29 is 9.47 Å². The van der Waals surface area contributed by atoms with Crippen molar-refractivity contribution >= 4 is 0 Å². The fourth-order valence-electron chi connectivity index (χ4n) is 2.49. The monoisotopic (exact) mass is 220 g/mol. The summed E-state index contributed by atoms with van der Waals surface area (Å²) >= 11 is 0. The molecule has 1 saturated heterocycles. The molecule has 0 aliphatic carbocycles. The Morgan fingerprint density at radius 3 is 2.44 bits per heavy atom. The molecular weight excluding hydrogens is 200 g/mol. The zero-order valence-corrected chi connectivity index (χ0v) is 10.4. The topological polar surface area (TPSA) is 18.5 Å². The normalized spacial score (nSPS) is 17.4. The molecule has 1 fully saturated rings. The van der Waals surface area contributed by atoms with Gasteiger partial charge in [0.1, 0.15) is 5.75 Å². The first-order chi connectivity index (χ1) is 7.74. The van der Waals surface area contributed by atoms with Crippen LogP contribution in [0.2, 0.25) is 0 Å². The molecule has 0 saturated carbocycles. The third kappa shape index (κ3) is 2.07. The fraction of sp³-hybridized carbons (Fsp3) is 0.571. The molecule has 1 aromatic carbocycles. The molecule has 2 rings (SSSR count). The largest absolute Gasteiger partial charge is 0.496 e. The molecule has 1 heterocycles. The minimum absolute atomic E-state index is 0.665. The molecule has 16 heavy (non-hydrogen) atoms. The summed E-state index contributed by atoms with van der Waals surface area (Å²) in [6.45, 7) is 6.13. The fourth-order valence-corrected chi connectivity index (χ4v) is 2.49. The minimum atomic E-state index is 0.665. The van der Waals surface area contributed by atoms with Crippen molar-refractivity contribution in [1.82, 2.24) is 0 Å². The molecule has 0 amide bonds. The lowest BCUT2D eigenvalue weighted by Gasteiger charge is -2.25. The third-order valence-electron chi connectivity index (χ3n) is 3.66. The lowest BCUT2D eigenvalue weighted by molar-refractivity contribution is 0.0852. The van der Waals surface area contributed by atoms with Crippen molar-refractivity contribution in [3.05, 3.63) is 28.8 Å². The summed E-state index contributed by atoms with van der Waals surface area (Å²) in [4.78, 5) is 0. The Bertz CT molecular complexity index is 365. The van der Waals surface area contributed by atoms with E-state index in [1.807, 2.05) is 0 Å². The van der Waals surface area contributed by atoms with E-state index in [0.29, 0.717) is 5.92 Å². The number of hydrogen-bond donors (Lipinski definition) is 0. The average molecular weight is 220 g/mol. The molecule has 0 radical (unpaired) electrons. The molecular formula is C14H20O2. The third-order valence-corrected chi connectivity index (χ3v) is 3.66. The van der Waals surface area contributed by atoms with Gasteiger partial charge in [-0.05, 0) is 55.4 Å². The van der Waals surface area contributed by atoms with Crippen LogP contribution in [-0.4, -0.2) is 20.3 Å². The highest BCUT2D eigenvalue weighted by Gasteiger charge is 2.19.